The number of nitrogens with zero attached hydrogens (tertiary/aromatic N) is 2. The second-order valence-corrected chi connectivity index (χ2v) is 4.58. The van der Waals surface area contributed by atoms with Crippen LogP contribution in [0.3, 0.4) is 0 Å². The van der Waals surface area contributed by atoms with Crippen LogP contribution in [0, 0.1) is 10.1 Å². The molecule has 1 aromatic carbocycles. The van der Waals surface area contributed by atoms with Crippen molar-refractivity contribution in [1.29, 1.82) is 0 Å². The third-order valence-corrected chi connectivity index (χ3v) is 3.10. The molecule has 0 saturated heterocycles. The Bertz CT molecular complexity index is 493. The summed E-state index contributed by atoms with van der Waals surface area (Å²) in [6, 6.07) is 3.98. The minimum Gasteiger partial charge on any atom is -0.468 e. The zero-order valence-corrected chi connectivity index (χ0v) is 11.7. The lowest BCUT2D eigenvalue weighted by Gasteiger charge is -2.22. The van der Waals surface area contributed by atoms with Crippen LogP contribution in [0.15, 0.2) is 18.2 Å². The van der Waals surface area contributed by atoms with E-state index in [1.807, 2.05) is 0 Å². The lowest BCUT2D eigenvalue weighted by atomic mass is 10.1. The van der Waals surface area contributed by atoms with Crippen LogP contribution in [0.2, 0.25) is 5.02 Å². The summed E-state index contributed by atoms with van der Waals surface area (Å²) in [5, 5.41) is 11.3. The van der Waals surface area contributed by atoms with Crippen molar-refractivity contribution in [3.8, 4) is 0 Å². The smallest absolute Gasteiger partial charge is 0.322 e. The number of nitro groups is 1. The maximum Gasteiger partial charge on any atom is 0.322 e. The van der Waals surface area contributed by atoms with Crippen molar-refractivity contribution >= 4 is 23.3 Å². The van der Waals surface area contributed by atoms with Crippen LogP contribution < -0.4 is 0 Å². The van der Waals surface area contributed by atoms with Gasteiger partial charge in [-0.05, 0) is 26.1 Å². The molecular weight excluding hydrogens is 272 g/mol. The lowest BCUT2D eigenvalue weighted by molar-refractivity contribution is -0.385. The van der Waals surface area contributed by atoms with Crippen LogP contribution in [-0.2, 0) is 16.1 Å². The maximum atomic E-state index is 11.4. The Morgan fingerprint density at radius 3 is 2.74 bits per heavy atom. The largest absolute Gasteiger partial charge is 0.468 e. The van der Waals surface area contributed by atoms with Crippen molar-refractivity contribution in [3.63, 3.8) is 0 Å². The number of esters is 1. The van der Waals surface area contributed by atoms with Crippen molar-refractivity contribution < 1.29 is 14.5 Å². The SMILES string of the molecule is COC(=O)[C@H](C)N(C)Cc1ccc(Cl)cc1[N+](=O)[O-]. The highest BCUT2D eigenvalue weighted by atomic mass is 35.5. The summed E-state index contributed by atoms with van der Waals surface area (Å²) in [5.74, 6) is -0.390. The molecule has 0 aliphatic rings. The van der Waals surface area contributed by atoms with Gasteiger partial charge in [0.25, 0.3) is 5.69 Å². The molecule has 19 heavy (non-hydrogen) atoms. The fourth-order valence-electron chi connectivity index (χ4n) is 1.60. The molecule has 0 aliphatic heterocycles. The second-order valence-electron chi connectivity index (χ2n) is 4.14. The van der Waals surface area contributed by atoms with Crippen LogP contribution in [0.4, 0.5) is 5.69 Å². The monoisotopic (exact) mass is 286 g/mol. The van der Waals surface area contributed by atoms with Gasteiger partial charge in [0.1, 0.15) is 6.04 Å². The number of benzene rings is 1. The Hall–Kier alpha value is -1.66. The van der Waals surface area contributed by atoms with Gasteiger partial charge < -0.3 is 4.74 Å². The molecule has 0 aromatic heterocycles. The molecule has 0 heterocycles. The Kier molecular flexibility index (Phi) is 5.26. The molecular formula is C12H15ClN2O4. The van der Waals surface area contributed by atoms with Gasteiger partial charge in [-0.2, -0.15) is 0 Å². The van der Waals surface area contributed by atoms with Gasteiger partial charge >= 0.3 is 5.97 Å². The van der Waals surface area contributed by atoms with E-state index in [9.17, 15) is 14.9 Å². The first-order chi connectivity index (χ1) is 8.86. The summed E-state index contributed by atoms with van der Waals surface area (Å²) < 4.78 is 4.63. The number of rotatable bonds is 5. The highest BCUT2D eigenvalue weighted by molar-refractivity contribution is 6.30. The molecule has 104 valence electrons. The minimum atomic E-state index is -0.488. The van der Waals surface area contributed by atoms with Crippen molar-refractivity contribution in [1.82, 2.24) is 4.90 Å². The van der Waals surface area contributed by atoms with Gasteiger partial charge in [-0.15, -0.1) is 0 Å². The number of hydrogen-bond donors (Lipinski definition) is 0. The van der Waals surface area contributed by atoms with Crippen LogP contribution >= 0.6 is 11.6 Å². The number of carbonyl (C=O) groups is 1. The molecule has 0 radical (unpaired) electrons. The Morgan fingerprint density at radius 1 is 1.58 bits per heavy atom. The molecule has 0 bridgehead atoms. The molecule has 0 unspecified atom stereocenters. The first-order valence-electron chi connectivity index (χ1n) is 5.57. The fraction of sp³-hybridized carbons (Fsp3) is 0.417. The summed E-state index contributed by atoms with van der Waals surface area (Å²) in [4.78, 5) is 23.5. The fourth-order valence-corrected chi connectivity index (χ4v) is 1.76. The first-order valence-corrected chi connectivity index (χ1v) is 5.95. The van der Waals surface area contributed by atoms with Gasteiger partial charge in [0.05, 0.1) is 12.0 Å². The lowest BCUT2D eigenvalue weighted by Crippen LogP contribution is -2.36. The summed E-state index contributed by atoms with van der Waals surface area (Å²) in [6.07, 6.45) is 0. The van der Waals surface area contributed by atoms with Crippen molar-refractivity contribution in [2.75, 3.05) is 14.2 Å². The summed E-state index contributed by atoms with van der Waals surface area (Å²) in [6.45, 7) is 1.93. The number of carbonyl (C=O) groups excluding carboxylic acids is 1. The van der Waals surface area contributed by atoms with Gasteiger partial charge in [0.15, 0.2) is 0 Å². The zero-order valence-electron chi connectivity index (χ0n) is 10.9. The molecule has 0 N–H and O–H groups in total. The Balaban J connectivity index is 2.93. The van der Waals surface area contributed by atoms with E-state index in [4.69, 9.17) is 11.6 Å². The molecule has 1 aromatic rings. The van der Waals surface area contributed by atoms with Gasteiger partial charge in [-0.25, -0.2) is 0 Å². The van der Waals surface area contributed by atoms with Gasteiger partial charge in [-0.3, -0.25) is 19.8 Å². The number of nitro benzene ring substituents is 1. The van der Waals surface area contributed by atoms with Gasteiger partial charge in [0, 0.05) is 23.2 Å². The number of likely N-dealkylation sites (N-methyl/N-ethyl adjacent to an activating group) is 1. The summed E-state index contributed by atoms with van der Waals surface area (Å²) in [5.41, 5.74) is 0.434. The van der Waals surface area contributed by atoms with Gasteiger partial charge in [-0.1, -0.05) is 11.6 Å². The van der Waals surface area contributed by atoms with Gasteiger partial charge in [0.2, 0.25) is 0 Å². The summed E-state index contributed by atoms with van der Waals surface area (Å²) in [7, 11) is 3.00. The molecule has 6 nitrogen and oxygen atoms in total. The highest BCUT2D eigenvalue weighted by Crippen LogP contribution is 2.24. The van der Waals surface area contributed by atoms with E-state index >= 15 is 0 Å². The predicted molar refractivity (Wildman–Crippen MR) is 71.1 cm³/mol. The molecule has 1 rings (SSSR count). The molecule has 1 atom stereocenters. The van der Waals surface area contributed by atoms with Crippen LogP contribution in [0.5, 0.6) is 0 Å². The first kappa shape index (κ1) is 15.4. The Labute approximate surface area is 116 Å². The number of methoxy groups -OCH3 is 1. The standard InChI is InChI=1S/C12H15ClN2O4/c1-8(12(16)19-3)14(2)7-9-4-5-10(13)6-11(9)15(17)18/h4-6,8H,7H2,1-3H3/t8-/m0/s1. The van der Waals surface area contributed by atoms with E-state index < -0.39 is 11.0 Å². The molecule has 0 spiro atoms. The molecule has 0 saturated carbocycles. The predicted octanol–water partition coefficient (Wildman–Crippen LogP) is 2.24. The Morgan fingerprint density at radius 2 is 2.21 bits per heavy atom. The van der Waals surface area contributed by atoms with Crippen LogP contribution in [0.25, 0.3) is 0 Å². The molecule has 0 amide bonds. The molecule has 0 fully saturated rings. The van der Waals surface area contributed by atoms with Crippen LogP contribution in [0.1, 0.15) is 12.5 Å². The third-order valence-electron chi connectivity index (χ3n) is 2.87. The van der Waals surface area contributed by atoms with E-state index in [1.165, 1.54) is 13.2 Å². The number of hydrogen-bond acceptors (Lipinski definition) is 5. The average Bonchev–Trinajstić information content (AvgIpc) is 2.38. The van der Waals surface area contributed by atoms with E-state index in [0.29, 0.717) is 10.6 Å². The minimum absolute atomic E-state index is 0.0589. The van der Waals surface area contributed by atoms with Crippen molar-refractivity contribution in [2.24, 2.45) is 0 Å². The number of ether oxygens (including phenoxy) is 1. The van der Waals surface area contributed by atoms with E-state index in [1.54, 1.807) is 31.0 Å². The number of halogens is 1. The van der Waals surface area contributed by atoms with Crippen molar-refractivity contribution in [2.45, 2.75) is 19.5 Å². The second kappa shape index (κ2) is 6.49. The molecule has 7 heteroatoms. The quantitative estimate of drug-likeness (QED) is 0.471. The molecule has 0 aliphatic carbocycles. The third kappa shape index (κ3) is 3.90. The highest BCUT2D eigenvalue weighted by Gasteiger charge is 2.22. The zero-order chi connectivity index (χ0) is 14.6. The van der Waals surface area contributed by atoms with E-state index in [-0.39, 0.29) is 18.2 Å². The summed E-state index contributed by atoms with van der Waals surface area (Å²) >= 11 is 5.74. The maximum absolute atomic E-state index is 11.4. The topological polar surface area (TPSA) is 72.7 Å². The van der Waals surface area contributed by atoms with Crippen LogP contribution in [-0.4, -0.2) is 36.0 Å². The normalized spacial score (nSPS) is 12.3. The van der Waals surface area contributed by atoms with Crippen molar-refractivity contribution in [3.05, 3.63) is 38.9 Å². The average molecular weight is 287 g/mol. The van der Waals surface area contributed by atoms with E-state index in [0.717, 1.165) is 0 Å². The van der Waals surface area contributed by atoms with E-state index in [2.05, 4.69) is 4.74 Å².